The summed E-state index contributed by atoms with van der Waals surface area (Å²) in [5, 5.41) is 0. The van der Waals surface area contributed by atoms with Crippen molar-refractivity contribution in [2.45, 2.75) is 19.3 Å². The van der Waals surface area contributed by atoms with Crippen molar-refractivity contribution in [2.24, 2.45) is 0 Å². The molecule has 0 aromatic rings. The van der Waals surface area contributed by atoms with E-state index in [1.165, 1.54) is 10.5 Å². The third-order valence-corrected chi connectivity index (χ3v) is 3.69. The van der Waals surface area contributed by atoms with E-state index >= 15 is 0 Å². The zero-order chi connectivity index (χ0) is 8.32. The van der Waals surface area contributed by atoms with Crippen LogP contribution in [0.3, 0.4) is 0 Å². The van der Waals surface area contributed by atoms with Gasteiger partial charge in [0.15, 0.2) is 0 Å². The second kappa shape index (κ2) is 3.26. The van der Waals surface area contributed by atoms with Crippen LogP contribution in [0.5, 0.6) is 0 Å². The first kappa shape index (κ1) is 8.59. The lowest BCUT2D eigenvalue weighted by molar-refractivity contribution is 0.501. The summed E-state index contributed by atoms with van der Waals surface area (Å²) in [5.74, 6) is 0.277. The molecule has 1 fully saturated rings. The van der Waals surface area contributed by atoms with Gasteiger partial charge in [0.05, 0.1) is 5.75 Å². The molecule has 11 heavy (non-hydrogen) atoms. The molecular weight excluding hydrogens is 162 g/mol. The Labute approximate surface area is 67.8 Å². The number of sulfonamides is 1. The molecule has 0 aromatic heterocycles. The molecule has 0 aliphatic carbocycles. The summed E-state index contributed by atoms with van der Waals surface area (Å²) in [4.78, 5) is 0. The molecule has 0 aromatic carbocycles. The molecule has 0 amide bonds. The Hall–Kier alpha value is -0.510. The van der Waals surface area contributed by atoms with Crippen LogP contribution in [0.25, 0.3) is 0 Å². The van der Waals surface area contributed by atoms with Gasteiger partial charge in [0, 0.05) is 12.7 Å². The summed E-state index contributed by atoms with van der Waals surface area (Å²) in [6.45, 7) is 4.07. The van der Waals surface area contributed by atoms with E-state index < -0.39 is 10.0 Å². The molecule has 0 unspecified atom stereocenters. The highest BCUT2D eigenvalue weighted by atomic mass is 32.2. The molecule has 1 rings (SSSR count). The van der Waals surface area contributed by atoms with Gasteiger partial charge in [-0.2, -0.15) is 0 Å². The van der Waals surface area contributed by atoms with Crippen molar-refractivity contribution in [3.05, 3.63) is 12.8 Å². The van der Waals surface area contributed by atoms with Gasteiger partial charge >= 0.3 is 0 Å². The van der Waals surface area contributed by atoms with Crippen LogP contribution in [0.2, 0.25) is 0 Å². The second-order valence-corrected chi connectivity index (χ2v) is 4.71. The van der Waals surface area contributed by atoms with Crippen LogP contribution in [-0.2, 0) is 10.0 Å². The van der Waals surface area contributed by atoms with Crippen LogP contribution < -0.4 is 0 Å². The Balaban J connectivity index is 2.80. The first-order valence-electron chi connectivity index (χ1n) is 3.79. The van der Waals surface area contributed by atoms with Gasteiger partial charge in [-0.25, -0.2) is 8.42 Å². The topological polar surface area (TPSA) is 37.4 Å². The molecule has 1 aliphatic rings. The lowest BCUT2D eigenvalue weighted by Gasteiger charge is -2.15. The van der Waals surface area contributed by atoms with Gasteiger partial charge in [0.2, 0.25) is 10.0 Å². The van der Waals surface area contributed by atoms with Crippen LogP contribution in [0.4, 0.5) is 0 Å². The molecule has 0 atom stereocenters. The molecule has 0 spiro atoms. The van der Waals surface area contributed by atoms with E-state index in [0.29, 0.717) is 6.54 Å². The lowest BCUT2D eigenvalue weighted by Crippen LogP contribution is -2.26. The van der Waals surface area contributed by atoms with Crippen LogP contribution in [-0.4, -0.2) is 25.0 Å². The maximum atomic E-state index is 11.3. The highest BCUT2D eigenvalue weighted by molar-refractivity contribution is 7.89. The molecule has 1 aliphatic heterocycles. The summed E-state index contributed by atoms with van der Waals surface area (Å²) < 4.78 is 23.9. The number of hydrogen-bond acceptors (Lipinski definition) is 2. The van der Waals surface area contributed by atoms with E-state index in [1.807, 2.05) is 0 Å². The zero-order valence-corrected chi connectivity index (χ0v) is 7.31. The SMILES string of the molecule is C=CN1CCCCCS1(=O)=O. The van der Waals surface area contributed by atoms with E-state index in [4.69, 9.17) is 0 Å². The van der Waals surface area contributed by atoms with Crippen molar-refractivity contribution in [2.75, 3.05) is 12.3 Å². The van der Waals surface area contributed by atoms with E-state index in [9.17, 15) is 8.42 Å². The Kier molecular flexibility index (Phi) is 2.54. The quantitative estimate of drug-likeness (QED) is 0.595. The van der Waals surface area contributed by atoms with Crippen LogP contribution >= 0.6 is 0 Å². The minimum Gasteiger partial charge on any atom is -0.278 e. The highest BCUT2D eigenvalue weighted by Gasteiger charge is 2.19. The summed E-state index contributed by atoms with van der Waals surface area (Å²) >= 11 is 0. The van der Waals surface area contributed by atoms with Gasteiger partial charge in [-0.05, 0) is 12.8 Å². The fraction of sp³-hybridized carbons (Fsp3) is 0.714. The monoisotopic (exact) mass is 175 g/mol. The van der Waals surface area contributed by atoms with Crippen molar-refractivity contribution in [3.8, 4) is 0 Å². The van der Waals surface area contributed by atoms with Crippen molar-refractivity contribution < 1.29 is 8.42 Å². The van der Waals surface area contributed by atoms with E-state index in [1.54, 1.807) is 0 Å². The van der Waals surface area contributed by atoms with Crippen LogP contribution in [0, 0.1) is 0 Å². The molecule has 1 heterocycles. The molecule has 1 saturated heterocycles. The van der Waals surface area contributed by atoms with Gasteiger partial charge < -0.3 is 0 Å². The van der Waals surface area contributed by atoms with Crippen molar-refractivity contribution >= 4 is 10.0 Å². The molecule has 3 nitrogen and oxygen atoms in total. The third-order valence-electron chi connectivity index (χ3n) is 1.84. The average molecular weight is 175 g/mol. The number of hydrogen-bond donors (Lipinski definition) is 0. The van der Waals surface area contributed by atoms with E-state index in [2.05, 4.69) is 6.58 Å². The Morgan fingerprint density at radius 3 is 2.64 bits per heavy atom. The van der Waals surface area contributed by atoms with Gasteiger partial charge in [-0.1, -0.05) is 13.0 Å². The highest BCUT2D eigenvalue weighted by Crippen LogP contribution is 2.12. The van der Waals surface area contributed by atoms with Crippen LogP contribution in [0.1, 0.15) is 19.3 Å². The smallest absolute Gasteiger partial charge is 0.234 e. The summed E-state index contributed by atoms with van der Waals surface area (Å²) in [6, 6.07) is 0. The molecule has 0 radical (unpaired) electrons. The summed E-state index contributed by atoms with van der Waals surface area (Å²) in [5.41, 5.74) is 0. The summed E-state index contributed by atoms with van der Waals surface area (Å²) in [6.07, 6.45) is 4.14. The fourth-order valence-corrected chi connectivity index (χ4v) is 2.63. The van der Waals surface area contributed by atoms with Gasteiger partial charge in [-0.15, -0.1) is 0 Å². The third kappa shape index (κ3) is 1.96. The average Bonchev–Trinajstić information content (AvgIpc) is 2.10. The molecule has 0 bridgehead atoms. The molecule has 0 N–H and O–H groups in total. The van der Waals surface area contributed by atoms with Crippen molar-refractivity contribution in [3.63, 3.8) is 0 Å². The molecule has 0 saturated carbocycles. The molecule has 64 valence electrons. The minimum absolute atomic E-state index is 0.277. The van der Waals surface area contributed by atoms with Crippen molar-refractivity contribution in [1.29, 1.82) is 0 Å². The number of nitrogens with zero attached hydrogens (tertiary/aromatic N) is 1. The Morgan fingerprint density at radius 1 is 1.27 bits per heavy atom. The maximum Gasteiger partial charge on any atom is 0.234 e. The van der Waals surface area contributed by atoms with E-state index in [0.717, 1.165) is 19.3 Å². The van der Waals surface area contributed by atoms with Crippen LogP contribution in [0.15, 0.2) is 12.8 Å². The molecule has 4 heteroatoms. The maximum absolute atomic E-state index is 11.3. The fourth-order valence-electron chi connectivity index (χ4n) is 1.19. The largest absolute Gasteiger partial charge is 0.278 e. The van der Waals surface area contributed by atoms with E-state index in [-0.39, 0.29) is 5.75 Å². The standard InChI is InChI=1S/C7H13NO2S/c1-2-8-6-4-3-5-7-11(8,9)10/h2H,1,3-7H2. The van der Waals surface area contributed by atoms with Gasteiger partial charge in [0.1, 0.15) is 0 Å². The van der Waals surface area contributed by atoms with Crippen molar-refractivity contribution in [1.82, 2.24) is 4.31 Å². The lowest BCUT2D eigenvalue weighted by atomic mass is 10.2. The Bertz CT molecular complexity index is 233. The second-order valence-electron chi connectivity index (χ2n) is 2.67. The molecular formula is C7H13NO2S. The summed E-state index contributed by atoms with van der Waals surface area (Å²) in [7, 11) is -2.99. The predicted molar refractivity (Wildman–Crippen MR) is 44.5 cm³/mol. The minimum atomic E-state index is -2.99. The zero-order valence-electron chi connectivity index (χ0n) is 6.49. The van der Waals surface area contributed by atoms with Gasteiger partial charge in [0.25, 0.3) is 0 Å². The Morgan fingerprint density at radius 2 is 2.00 bits per heavy atom. The normalized spacial score (nSPS) is 24.2. The predicted octanol–water partition coefficient (Wildman–Crippen LogP) is 0.946. The van der Waals surface area contributed by atoms with Gasteiger partial charge in [-0.3, -0.25) is 4.31 Å². The first-order valence-corrected chi connectivity index (χ1v) is 5.40. The first-order chi connectivity index (χ1) is 5.17. The number of rotatable bonds is 1.